The quantitative estimate of drug-likeness (QED) is 0.765. The molecule has 0 unspecified atom stereocenters. The van der Waals surface area contributed by atoms with Crippen molar-refractivity contribution in [3.05, 3.63) is 48.0 Å². The van der Waals surface area contributed by atoms with Gasteiger partial charge in [-0.1, -0.05) is 12.1 Å². The van der Waals surface area contributed by atoms with Gasteiger partial charge in [-0.05, 0) is 50.6 Å². The molecule has 0 radical (unpaired) electrons. The van der Waals surface area contributed by atoms with Gasteiger partial charge in [-0.3, -0.25) is 4.72 Å². The van der Waals surface area contributed by atoms with Crippen LogP contribution in [-0.4, -0.2) is 27.4 Å². The Morgan fingerprint density at radius 3 is 2.00 bits per heavy atom. The number of anilines is 2. The average molecular weight is 378 g/mol. The topological polar surface area (TPSA) is 76.7 Å². The maximum Gasteiger partial charge on any atom is 0.237 e. The van der Waals surface area contributed by atoms with E-state index in [2.05, 4.69) is 10.0 Å². The lowest BCUT2D eigenvalue weighted by atomic mass is 10.2. The molecule has 6 nitrogen and oxygen atoms in total. The third-order valence-corrected chi connectivity index (χ3v) is 6.01. The smallest absolute Gasteiger partial charge is 0.237 e. The number of nitrogens with one attached hydrogen (secondary N) is 2. The average Bonchev–Trinajstić information content (AvgIpc) is 2.59. The Morgan fingerprint density at radius 1 is 0.885 bits per heavy atom. The first-order valence-corrected chi connectivity index (χ1v) is 9.72. The molecule has 0 heterocycles. The molecule has 0 saturated heterocycles. The fourth-order valence-electron chi connectivity index (χ4n) is 2.15. The molecule has 142 valence electrons. The highest BCUT2D eigenvalue weighted by Crippen LogP contribution is 2.30. The van der Waals surface area contributed by atoms with Gasteiger partial charge in [0.25, 0.3) is 0 Å². The fraction of sp³-hybridized carbons (Fsp3) is 0.368. The van der Waals surface area contributed by atoms with E-state index < -0.39 is 14.8 Å². The van der Waals surface area contributed by atoms with Gasteiger partial charge < -0.3 is 14.8 Å². The summed E-state index contributed by atoms with van der Waals surface area (Å²) in [5.74, 6) is 1.33. The molecule has 0 spiro atoms. The summed E-state index contributed by atoms with van der Waals surface area (Å²) in [5.41, 5.74) is 2.48. The molecule has 2 N–H and O–H groups in total. The SMILES string of the molecule is COc1ccc(NCc2ccc(NS(=O)(=O)C(C)(C)C)cc2)cc1OC. The largest absolute Gasteiger partial charge is 0.493 e. The molecule has 0 bridgehead atoms. The van der Waals surface area contributed by atoms with Gasteiger partial charge in [-0.2, -0.15) is 0 Å². The lowest BCUT2D eigenvalue weighted by Gasteiger charge is -2.20. The van der Waals surface area contributed by atoms with Crippen LogP contribution in [0.2, 0.25) is 0 Å². The summed E-state index contributed by atoms with van der Waals surface area (Å²) in [5, 5.41) is 3.30. The highest BCUT2D eigenvalue weighted by molar-refractivity contribution is 7.94. The minimum absolute atomic E-state index is 0.551. The van der Waals surface area contributed by atoms with Gasteiger partial charge in [0.05, 0.1) is 19.0 Å². The molecule has 0 amide bonds. The second kappa shape index (κ2) is 7.86. The molecule has 0 aliphatic carbocycles. The highest BCUT2D eigenvalue weighted by atomic mass is 32.2. The molecule has 2 rings (SSSR count). The molecular formula is C19H26N2O4S. The lowest BCUT2D eigenvalue weighted by Crippen LogP contribution is -2.33. The van der Waals surface area contributed by atoms with Crippen molar-refractivity contribution in [2.45, 2.75) is 32.1 Å². The molecular weight excluding hydrogens is 352 g/mol. The van der Waals surface area contributed by atoms with E-state index in [0.29, 0.717) is 23.7 Å². The van der Waals surface area contributed by atoms with E-state index in [1.807, 2.05) is 30.3 Å². The van der Waals surface area contributed by atoms with E-state index in [1.165, 1.54) is 0 Å². The van der Waals surface area contributed by atoms with Crippen LogP contribution in [0, 0.1) is 0 Å². The molecule has 0 aromatic heterocycles. The first-order valence-electron chi connectivity index (χ1n) is 8.23. The zero-order valence-electron chi connectivity index (χ0n) is 15.8. The Balaban J connectivity index is 2.02. The highest BCUT2D eigenvalue weighted by Gasteiger charge is 2.28. The lowest BCUT2D eigenvalue weighted by molar-refractivity contribution is 0.355. The second-order valence-electron chi connectivity index (χ2n) is 6.84. The number of methoxy groups -OCH3 is 2. The predicted molar refractivity (Wildman–Crippen MR) is 106 cm³/mol. The van der Waals surface area contributed by atoms with Crippen LogP contribution in [0.1, 0.15) is 26.3 Å². The molecule has 0 fully saturated rings. The van der Waals surface area contributed by atoms with E-state index in [0.717, 1.165) is 11.3 Å². The molecule has 7 heteroatoms. The maximum absolute atomic E-state index is 12.2. The van der Waals surface area contributed by atoms with Gasteiger partial charge in [0.1, 0.15) is 0 Å². The molecule has 0 saturated carbocycles. The summed E-state index contributed by atoms with van der Waals surface area (Å²) in [7, 11) is -0.231. The van der Waals surface area contributed by atoms with Crippen molar-refractivity contribution in [3.63, 3.8) is 0 Å². The van der Waals surface area contributed by atoms with E-state index in [-0.39, 0.29) is 0 Å². The summed E-state index contributed by atoms with van der Waals surface area (Å²) in [4.78, 5) is 0. The van der Waals surface area contributed by atoms with E-state index in [9.17, 15) is 8.42 Å². The summed E-state index contributed by atoms with van der Waals surface area (Å²) in [6.07, 6.45) is 0. The number of ether oxygens (including phenoxy) is 2. The Kier molecular flexibility index (Phi) is 6.02. The molecule has 2 aromatic carbocycles. The first-order chi connectivity index (χ1) is 12.2. The summed E-state index contributed by atoms with van der Waals surface area (Å²) < 4.78 is 36.6. The maximum atomic E-state index is 12.2. The molecule has 0 aliphatic rings. The third kappa shape index (κ3) is 4.82. The summed E-state index contributed by atoms with van der Waals surface area (Å²) in [6.45, 7) is 5.59. The van der Waals surface area contributed by atoms with E-state index in [4.69, 9.17) is 9.47 Å². The van der Waals surface area contributed by atoms with Gasteiger partial charge in [-0.15, -0.1) is 0 Å². The number of hydrogen-bond donors (Lipinski definition) is 2. The van der Waals surface area contributed by atoms with Gasteiger partial charge in [0.2, 0.25) is 10.0 Å². The molecule has 26 heavy (non-hydrogen) atoms. The zero-order chi connectivity index (χ0) is 19.4. The molecule has 2 aromatic rings. The van der Waals surface area contributed by atoms with E-state index >= 15 is 0 Å². The van der Waals surface area contributed by atoms with Crippen LogP contribution in [0.25, 0.3) is 0 Å². The minimum atomic E-state index is -3.42. The van der Waals surface area contributed by atoms with Crippen molar-refractivity contribution in [2.75, 3.05) is 24.3 Å². The van der Waals surface area contributed by atoms with Gasteiger partial charge in [0, 0.05) is 24.0 Å². The zero-order valence-corrected chi connectivity index (χ0v) is 16.6. The van der Waals surface area contributed by atoms with Crippen molar-refractivity contribution < 1.29 is 17.9 Å². The monoisotopic (exact) mass is 378 g/mol. The Morgan fingerprint density at radius 2 is 1.46 bits per heavy atom. The van der Waals surface area contributed by atoms with Crippen LogP contribution >= 0.6 is 0 Å². The van der Waals surface area contributed by atoms with Crippen LogP contribution in [0.5, 0.6) is 11.5 Å². The van der Waals surface area contributed by atoms with Crippen LogP contribution in [0.15, 0.2) is 42.5 Å². The van der Waals surface area contributed by atoms with E-state index in [1.54, 1.807) is 47.1 Å². The van der Waals surface area contributed by atoms with Crippen LogP contribution in [0.4, 0.5) is 11.4 Å². The Bertz CT molecular complexity index is 841. The van der Waals surface area contributed by atoms with Gasteiger partial charge in [-0.25, -0.2) is 8.42 Å². The van der Waals surface area contributed by atoms with Crippen molar-refractivity contribution >= 4 is 21.4 Å². The van der Waals surface area contributed by atoms with Gasteiger partial charge >= 0.3 is 0 Å². The Labute approximate surface area is 155 Å². The number of rotatable bonds is 7. The normalized spacial score (nSPS) is 11.7. The summed E-state index contributed by atoms with van der Waals surface area (Å²) >= 11 is 0. The van der Waals surface area contributed by atoms with Gasteiger partial charge in [0.15, 0.2) is 11.5 Å². The predicted octanol–water partition coefficient (Wildman–Crippen LogP) is 3.86. The molecule has 0 atom stereocenters. The van der Waals surface area contributed by atoms with Crippen LogP contribution in [-0.2, 0) is 16.6 Å². The fourth-order valence-corrected chi connectivity index (χ4v) is 2.90. The van der Waals surface area contributed by atoms with Crippen LogP contribution in [0.3, 0.4) is 0 Å². The van der Waals surface area contributed by atoms with Crippen molar-refractivity contribution in [2.24, 2.45) is 0 Å². The van der Waals surface area contributed by atoms with Crippen molar-refractivity contribution in [1.82, 2.24) is 0 Å². The van der Waals surface area contributed by atoms with Crippen molar-refractivity contribution in [3.8, 4) is 11.5 Å². The molecule has 0 aliphatic heterocycles. The summed E-state index contributed by atoms with van der Waals surface area (Å²) in [6, 6.07) is 12.9. The van der Waals surface area contributed by atoms with Crippen molar-refractivity contribution in [1.29, 1.82) is 0 Å². The minimum Gasteiger partial charge on any atom is -0.493 e. The third-order valence-electron chi connectivity index (χ3n) is 3.89. The number of benzene rings is 2. The number of sulfonamides is 1. The first kappa shape index (κ1) is 19.9. The van der Waals surface area contributed by atoms with Crippen LogP contribution < -0.4 is 19.5 Å². The Hall–Kier alpha value is -2.41. The number of hydrogen-bond acceptors (Lipinski definition) is 5. The standard InChI is InChI=1S/C19H26N2O4S/c1-19(2,3)26(22,23)21-15-8-6-14(7-9-15)13-20-16-10-11-17(24-4)18(12-16)25-5/h6-12,20-21H,13H2,1-5H3. The second-order valence-corrected chi connectivity index (χ2v) is 9.27.